The fourth-order valence-electron chi connectivity index (χ4n) is 1.82. The number of aromatic nitrogens is 4. The summed E-state index contributed by atoms with van der Waals surface area (Å²) in [5, 5.41) is 2.64. The number of rotatable bonds is 6. The van der Waals surface area contributed by atoms with Crippen LogP contribution in [0.3, 0.4) is 0 Å². The molecule has 2 aromatic rings. The highest BCUT2D eigenvalue weighted by atomic mass is 16.2. The number of carbonyl (C=O) groups excluding carboxylic acids is 1. The molecule has 0 radical (unpaired) electrons. The van der Waals surface area contributed by atoms with Gasteiger partial charge in [0.25, 0.3) is 11.3 Å². The standard InChI is InChI=1S/C13H15N5O2/c1-3-5-17(6-4-2)11(19)7-10-8-12(20)18-13(16-10)14-9-15-18/h3-4,8-9H,1-2,5-7H2,(H,14,15,16). The lowest BCUT2D eigenvalue weighted by atomic mass is 10.2. The van der Waals surface area contributed by atoms with Crippen LogP contribution in [0.4, 0.5) is 0 Å². The van der Waals surface area contributed by atoms with Crippen LogP contribution in [-0.2, 0) is 11.2 Å². The molecular formula is C13H15N5O2. The van der Waals surface area contributed by atoms with Crippen molar-refractivity contribution in [2.24, 2.45) is 0 Å². The van der Waals surface area contributed by atoms with Gasteiger partial charge in [-0.25, -0.2) is 9.97 Å². The summed E-state index contributed by atoms with van der Waals surface area (Å²) in [6.45, 7) is 8.07. The summed E-state index contributed by atoms with van der Waals surface area (Å²) >= 11 is 0. The first-order valence-electron chi connectivity index (χ1n) is 6.07. The van der Waals surface area contributed by atoms with Gasteiger partial charge in [-0.05, 0) is 0 Å². The van der Waals surface area contributed by atoms with Gasteiger partial charge in [-0.2, -0.15) is 4.52 Å². The Balaban J connectivity index is 2.22. The fourth-order valence-corrected chi connectivity index (χ4v) is 1.82. The first-order valence-corrected chi connectivity index (χ1v) is 6.07. The van der Waals surface area contributed by atoms with Crippen LogP contribution in [0.2, 0.25) is 0 Å². The summed E-state index contributed by atoms with van der Waals surface area (Å²) in [4.78, 5) is 33.5. The van der Waals surface area contributed by atoms with E-state index in [2.05, 4.69) is 28.2 Å². The molecule has 104 valence electrons. The largest absolute Gasteiger partial charge is 0.335 e. The quantitative estimate of drug-likeness (QED) is 0.760. The highest BCUT2D eigenvalue weighted by Gasteiger charge is 2.14. The predicted molar refractivity (Wildman–Crippen MR) is 74.3 cm³/mol. The molecule has 2 heterocycles. The summed E-state index contributed by atoms with van der Waals surface area (Å²) in [7, 11) is 0. The van der Waals surface area contributed by atoms with Gasteiger partial charge in [-0.3, -0.25) is 14.7 Å². The zero-order chi connectivity index (χ0) is 14.5. The number of fused-ring (bicyclic) bond motifs is 1. The van der Waals surface area contributed by atoms with Crippen molar-refractivity contribution in [1.82, 2.24) is 24.5 Å². The zero-order valence-corrected chi connectivity index (χ0v) is 11.0. The maximum Gasteiger partial charge on any atom is 0.274 e. The van der Waals surface area contributed by atoms with Gasteiger partial charge in [0.1, 0.15) is 6.33 Å². The number of amides is 1. The van der Waals surface area contributed by atoms with Crippen molar-refractivity contribution in [1.29, 1.82) is 0 Å². The van der Waals surface area contributed by atoms with Gasteiger partial charge in [0, 0.05) is 19.2 Å². The molecule has 0 aliphatic carbocycles. The molecule has 2 rings (SSSR count). The topological polar surface area (TPSA) is 83.4 Å². The van der Waals surface area contributed by atoms with Crippen LogP contribution in [0.5, 0.6) is 0 Å². The molecule has 0 aliphatic rings. The molecule has 0 fully saturated rings. The van der Waals surface area contributed by atoms with Gasteiger partial charge in [0.15, 0.2) is 0 Å². The molecule has 0 atom stereocenters. The molecule has 0 aromatic carbocycles. The van der Waals surface area contributed by atoms with Gasteiger partial charge >= 0.3 is 0 Å². The van der Waals surface area contributed by atoms with Crippen LogP contribution in [-0.4, -0.2) is 43.5 Å². The van der Waals surface area contributed by atoms with Gasteiger partial charge in [0.05, 0.1) is 12.1 Å². The molecule has 20 heavy (non-hydrogen) atoms. The van der Waals surface area contributed by atoms with Crippen molar-refractivity contribution in [3.8, 4) is 0 Å². The van der Waals surface area contributed by atoms with Crippen LogP contribution in [0.1, 0.15) is 5.69 Å². The number of aromatic amines is 1. The lowest BCUT2D eigenvalue weighted by Crippen LogP contribution is -2.33. The van der Waals surface area contributed by atoms with Gasteiger partial charge in [-0.15, -0.1) is 13.2 Å². The normalized spacial score (nSPS) is 10.4. The number of nitrogens with one attached hydrogen (secondary N) is 1. The number of carbonyl (C=O) groups is 1. The number of hydrogen-bond acceptors (Lipinski definition) is 4. The van der Waals surface area contributed by atoms with E-state index in [1.54, 1.807) is 17.1 Å². The maximum absolute atomic E-state index is 12.1. The van der Waals surface area contributed by atoms with E-state index in [0.29, 0.717) is 18.8 Å². The first kappa shape index (κ1) is 13.7. The van der Waals surface area contributed by atoms with Crippen LogP contribution in [0.15, 0.2) is 42.5 Å². The molecule has 1 N–H and O–H groups in total. The first-order chi connectivity index (χ1) is 9.65. The summed E-state index contributed by atoms with van der Waals surface area (Å²) in [6.07, 6.45) is 4.69. The van der Waals surface area contributed by atoms with E-state index in [0.717, 1.165) is 0 Å². The molecule has 7 nitrogen and oxygen atoms in total. The van der Waals surface area contributed by atoms with Crippen molar-refractivity contribution < 1.29 is 4.79 Å². The van der Waals surface area contributed by atoms with Crippen LogP contribution in [0, 0.1) is 0 Å². The Bertz CT molecular complexity index is 690. The minimum absolute atomic E-state index is 0.0419. The molecule has 7 heteroatoms. The lowest BCUT2D eigenvalue weighted by Gasteiger charge is -2.18. The molecule has 0 saturated heterocycles. The average molecular weight is 273 g/mol. The summed E-state index contributed by atoms with van der Waals surface area (Å²) in [6, 6.07) is 1.32. The monoisotopic (exact) mass is 273 g/mol. The molecule has 0 saturated carbocycles. The maximum atomic E-state index is 12.1. The van der Waals surface area contributed by atoms with Crippen molar-refractivity contribution in [3.63, 3.8) is 0 Å². The Labute approximate surface area is 115 Å². The Hall–Kier alpha value is -2.70. The molecule has 0 spiro atoms. The SMILES string of the molecule is C=CCN(CC=C)C(=O)Cc1cc(=O)n2[nH]cnc2n1. The lowest BCUT2D eigenvalue weighted by molar-refractivity contribution is -0.129. The van der Waals surface area contributed by atoms with Crippen LogP contribution in [0.25, 0.3) is 5.78 Å². The summed E-state index contributed by atoms with van der Waals surface area (Å²) < 4.78 is 1.21. The minimum Gasteiger partial charge on any atom is -0.335 e. The second-order valence-electron chi connectivity index (χ2n) is 4.16. The number of nitrogens with zero attached hydrogens (tertiary/aromatic N) is 4. The molecule has 2 aromatic heterocycles. The van der Waals surface area contributed by atoms with E-state index in [1.807, 2.05) is 0 Å². The van der Waals surface area contributed by atoms with E-state index in [1.165, 1.54) is 16.9 Å². The smallest absolute Gasteiger partial charge is 0.274 e. The van der Waals surface area contributed by atoms with Crippen LogP contribution >= 0.6 is 0 Å². The fraction of sp³-hybridized carbons (Fsp3) is 0.231. The number of H-pyrrole nitrogens is 1. The Morgan fingerprint density at radius 2 is 2.10 bits per heavy atom. The van der Waals surface area contributed by atoms with Gasteiger partial charge < -0.3 is 4.90 Å². The van der Waals surface area contributed by atoms with Crippen molar-refractivity contribution in [3.05, 3.63) is 53.8 Å². The van der Waals surface area contributed by atoms with Crippen molar-refractivity contribution >= 4 is 11.7 Å². The summed E-state index contributed by atoms with van der Waals surface area (Å²) in [5.74, 6) is 0.107. The van der Waals surface area contributed by atoms with E-state index >= 15 is 0 Å². The molecular weight excluding hydrogens is 258 g/mol. The second-order valence-corrected chi connectivity index (χ2v) is 4.16. The van der Waals surface area contributed by atoms with Gasteiger partial charge in [0.2, 0.25) is 5.91 Å². The van der Waals surface area contributed by atoms with Crippen molar-refractivity contribution in [2.45, 2.75) is 6.42 Å². The molecule has 0 unspecified atom stereocenters. The van der Waals surface area contributed by atoms with Crippen LogP contribution < -0.4 is 5.56 Å². The van der Waals surface area contributed by atoms with E-state index < -0.39 is 0 Å². The number of hydrogen-bond donors (Lipinski definition) is 1. The highest BCUT2D eigenvalue weighted by Crippen LogP contribution is 2.00. The second kappa shape index (κ2) is 5.96. The Morgan fingerprint density at radius 1 is 1.40 bits per heavy atom. The van der Waals surface area contributed by atoms with E-state index in [9.17, 15) is 9.59 Å². The average Bonchev–Trinajstić information content (AvgIpc) is 2.87. The predicted octanol–water partition coefficient (Wildman–Crippen LogP) is 0.161. The van der Waals surface area contributed by atoms with E-state index in [-0.39, 0.29) is 23.7 Å². The molecule has 0 bridgehead atoms. The zero-order valence-electron chi connectivity index (χ0n) is 11.0. The minimum atomic E-state index is -0.297. The molecule has 0 aliphatic heterocycles. The Morgan fingerprint density at radius 3 is 2.75 bits per heavy atom. The molecule has 1 amide bonds. The third kappa shape index (κ3) is 2.82. The van der Waals surface area contributed by atoms with Crippen molar-refractivity contribution in [2.75, 3.05) is 13.1 Å². The third-order valence-corrected chi connectivity index (χ3v) is 2.70. The third-order valence-electron chi connectivity index (χ3n) is 2.70. The van der Waals surface area contributed by atoms with Gasteiger partial charge in [-0.1, -0.05) is 12.2 Å². The highest BCUT2D eigenvalue weighted by molar-refractivity contribution is 5.78. The Kier molecular flexibility index (Phi) is 4.09. The van der Waals surface area contributed by atoms with E-state index in [4.69, 9.17) is 0 Å². The summed E-state index contributed by atoms with van der Waals surface area (Å²) in [5.41, 5.74) is 0.0968.